The van der Waals surface area contributed by atoms with Crippen molar-refractivity contribution in [2.24, 2.45) is 0 Å². The molecule has 2 aromatic rings. The molecule has 1 N–H and O–H groups in total. The number of rotatable bonds is 6. The third kappa shape index (κ3) is 3.39. The number of benzene rings is 1. The highest BCUT2D eigenvalue weighted by Gasteiger charge is 2.11. The van der Waals surface area contributed by atoms with Crippen LogP contribution in [-0.4, -0.2) is 34.0 Å². The molecule has 0 aliphatic heterocycles. The molecule has 0 atom stereocenters. The first-order valence-corrected chi connectivity index (χ1v) is 6.08. The lowest BCUT2D eigenvalue weighted by Gasteiger charge is -2.19. The van der Waals surface area contributed by atoms with Crippen LogP contribution in [0.25, 0.3) is 10.9 Å². The monoisotopic (exact) mass is 256 g/mol. The summed E-state index contributed by atoms with van der Waals surface area (Å²) in [4.78, 5) is 17.0. The second kappa shape index (κ2) is 6.11. The lowest BCUT2D eigenvalue weighted by Crippen LogP contribution is -2.29. The molecule has 98 valence electrons. The van der Waals surface area contributed by atoms with Gasteiger partial charge in [-0.15, -0.1) is 6.58 Å². The summed E-state index contributed by atoms with van der Waals surface area (Å²) in [6.45, 7) is 4.74. The molecule has 1 heterocycles. The number of pyridine rings is 1. The van der Waals surface area contributed by atoms with Gasteiger partial charge in [-0.05, 0) is 11.6 Å². The zero-order valence-electron chi connectivity index (χ0n) is 10.6. The molecule has 1 aromatic heterocycles. The number of fused-ring (bicyclic) bond motifs is 1. The van der Waals surface area contributed by atoms with Crippen LogP contribution < -0.4 is 0 Å². The summed E-state index contributed by atoms with van der Waals surface area (Å²) in [5.74, 6) is -0.838. The fraction of sp³-hybridized carbons (Fsp3) is 0.200. The molecule has 4 heteroatoms. The molecule has 4 nitrogen and oxygen atoms in total. The van der Waals surface area contributed by atoms with Crippen LogP contribution in [0, 0.1) is 0 Å². The maximum Gasteiger partial charge on any atom is 0.317 e. The van der Waals surface area contributed by atoms with Crippen molar-refractivity contribution in [2.75, 3.05) is 13.1 Å². The fourth-order valence-corrected chi connectivity index (χ4v) is 2.09. The number of hydrogen-bond donors (Lipinski definition) is 1. The minimum Gasteiger partial charge on any atom is -0.480 e. The van der Waals surface area contributed by atoms with Gasteiger partial charge >= 0.3 is 5.97 Å². The van der Waals surface area contributed by atoms with Crippen molar-refractivity contribution < 1.29 is 9.90 Å². The molecular weight excluding hydrogens is 240 g/mol. The largest absolute Gasteiger partial charge is 0.480 e. The molecule has 19 heavy (non-hydrogen) atoms. The Kier molecular flexibility index (Phi) is 4.26. The molecule has 0 amide bonds. The Morgan fingerprint density at radius 3 is 2.89 bits per heavy atom. The Morgan fingerprint density at radius 1 is 1.37 bits per heavy atom. The van der Waals surface area contributed by atoms with Crippen LogP contribution in [0.15, 0.2) is 49.2 Å². The van der Waals surface area contributed by atoms with Gasteiger partial charge in [0.1, 0.15) is 0 Å². The minimum absolute atomic E-state index is 0.00472. The maximum atomic E-state index is 10.8. The molecule has 0 fully saturated rings. The van der Waals surface area contributed by atoms with Crippen LogP contribution in [-0.2, 0) is 11.3 Å². The zero-order valence-corrected chi connectivity index (χ0v) is 10.6. The Hall–Kier alpha value is -2.20. The second-order valence-electron chi connectivity index (χ2n) is 4.34. The molecule has 2 rings (SSSR count). The van der Waals surface area contributed by atoms with Crippen LogP contribution in [0.2, 0.25) is 0 Å². The molecule has 0 saturated carbocycles. The number of carboxylic acids is 1. The van der Waals surface area contributed by atoms with Gasteiger partial charge in [-0.2, -0.15) is 0 Å². The average molecular weight is 256 g/mol. The third-order valence-electron chi connectivity index (χ3n) is 2.86. The summed E-state index contributed by atoms with van der Waals surface area (Å²) in [7, 11) is 0. The average Bonchev–Trinajstić information content (AvgIpc) is 2.39. The first-order chi connectivity index (χ1) is 9.20. The quantitative estimate of drug-likeness (QED) is 0.806. The van der Waals surface area contributed by atoms with Crippen molar-refractivity contribution in [2.45, 2.75) is 6.54 Å². The van der Waals surface area contributed by atoms with E-state index in [2.05, 4.69) is 11.6 Å². The number of aliphatic carboxylic acids is 1. The van der Waals surface area contributed by atoms with E-state index in [0.29, 0.717) is 13.1 Å². The molecular formula is C15H16N2O2. The Bertz CT molecular complexity index is 590. The highest BCUT2D eigenvalue weighted by molar-refractivity contribution is 5.81. The Morgan fingerprint density at radius 2 is 2.16 bits per heavy atom. The lowest BCUT2D eigenvalue weighted by atomic mass is 10.1. The van der Waals surface area contributed by atoms with Gasteiger partial charge in [0, 0.05) is 24.7 Å². The van der Waals surface area contributed by atoms with Gasteiger partial charge in [0.25, 0.3) is 0 Å². The molecule has 0 bridgehead atoms. The second-order valence-corrected chi connectivity index (χ2v) is 4.34. The minimum atomic E-state index is -0.838. The van der Waals surface area contributed by atoms with E-state index in [4.69, 9.17) is 5.11 Å². The molecule has 0 spiro atoms. The predicted octanol–water partition coefficient (Wildman–Crippen LogP) is 2.31. The smallest absolute Gasteiger partial charge is 0.317 e. The van der Waals surface area contributed by atoms with Crippen LogP contribution in [0.3, 0.4) is 0 Å². The van der Waals surface area contributed by atoms with Gasteiger partial charge in [0.15, 0.2) is 0 Å². The van der Waals surface area contributed by atoms with Gasteiger partial charge in [-0.25, -0.2) is 0 Å². The number of para-hydroxylation sites is 1. The first kappa shape index (κ1) is 13.2. The third-order valence-corrected chi connectivity index (χ3v) is 2.86. The van der Waals surface area contributed by atoms with E-state index in [1.54, 1.807) is 12.3 Å². The van der Waals surface area contributed by atoms with E-state index >= 15 is 0 Å². The van der Waals surface area contributed by atoms with Crippen molar-refractivity contribution in [1.29, 1.82) is 0 Å². The summed E-state index contributed by atoms with van der Waals surface area (Å²) in [6.07, 6.45) is 3.46. The number of carboxylic acid groups (broad SMARTS) is 1. The van der Waals surface area contributed by atoms with Crippen molar-refractivity contribution in [3.8, 4) is 0 Å². The van der Waals surface area contributed by atoms with E-state index in [-0.39, 0.29) is 6.54 Å². The summed E-state index contributed by atoms with van der Waals surface area (Å²) >= 11 is 0. The van der Waals surface area contributed by atoms with Crippen molar-refractivity contribution in [3.05, 3.63) is 54.7 Å². The highest BCUT2D eigenvalue weighted by atomic mass is 16.4. The molecule has 0 aliphatic carbocycles. The van der Waals surface area contributed by atoms with Crippen LogP contribution >= 0.6 is 0 Å². The van der Waals surface area contributed by atoms with Crippen molar-refractivity contribution in [3.63, 3.8) is 0 Å². The van der Waals surface area contributed by atoms with E-state index in [0.717, 1.165) is 16.5 Å². The van der Waals surface area contributed by atoms with E-state index in [1.807, 2.05) is 35.2 Å². The molecule has 0 aliphatic rings. The summed E-state index contributed by atoms with van der Waals surface area (Å²) < 4.78 is 0. The highest BCUT2D eigenvalue weighted by Crippen LogP contribution is 2.17. The van der Waals surface area contributed by atoms with Crippen molar-refractivity contribution in [1.82, 2.24) is 9.88 Å². The standard InChI is InChI=1S/C15H16N2O2/c1-2-9-17(11-14(18)19)10-13-6-3-5-12-7-4-8-16-15(12)13/h2-8H,1,9-11H2,(H,18,19). The molecule has 0 radical (unpaired) electrons. The molecule has 1 aromatic carbocycles. The summed E-state index contributed by atoms with van der Waals surface area (Å²) in [6, 6.07) is 9.84. The topological polar surface area (TPSA) is 53.4 Å². The number of aromatic nitrogens is 1. The van der Waals surface area contributed by atoms with Gasteiger partial charge in [0.05, 0.1) is 12.1 Å². The maximum absolute atomic E-state index is 10.8. The van der Waals surface area contributed by atoms with E-state index < -0.39 is 5.97 Å². The zero-order chi connectivity index (χ0) is 13.7. The van der Waals surface area contributed by atoms with Crippen LogP contribution in [0.5, 0.6) is 0 Å². The van der Waals surface area contributed by atoms with Crippen molar-refractivity contribution >= 4 is 16.9 Å². The van der Waals surface area contributed by atoms with E-state index in [9.17, 15) is 4.79 Å². The fourth-order valence-electron chi connectivity index (χ4n) is 2.09. The Labute approximate surface area is 112 Å². The molecule has 0 unspecified atom stereocenters. The first-order valence-electron chi connectivity index (χ1n) is 6.08. The van der Waals surface area contributed by atoms with Crippen LogP contribution in [0.1, 0.15) is 5.56 Å². The van der Waals surface area contributed by atoms with Gasteiger partial charge in [0.2, 0.25) is 0 Å². The lowest BCUT2D eigenvalue weighted by molar-refractivity contribution is -0.138. The number of carbonyl (C=O) groups is 1. The summed E-state index contributed by atoms with van der Waals surface area (Å²) in [5.41, 5.74) is 1.95. The SMILES string of the molecule is C=CCN(CC(=O)O)Cc1cccc2cccnc12. The molecule has 0 saturated heterocycles. The van der Waals surface area contributed by atoms with Gasteiger partial charge < -0.3 is 5.11 Å². The predicted molar refractivity (Wildman–Crippen MR) is 74.9 cm³/mol. The number of hydrogen-bond acceptors (Lipinski definition) is 3. The van der Waals surface area contributed by atoms with Gasteiger partial charge in [-0.3, -0.25) is 14.7 Å². The van der Waals surface area contributed by atoms with Crippen LogP contribution in [0.4, 0.5) is 0 Å². The van der Waals surface area contributed by atoms with E-state index in [1.165, 1.54) is 0 Å². The summed E-state index contributed by atoms with van der Waals surface area (Å²) in [5, 5.41) is 9.97. The normalized spacial score (nSPS) is 10.8. The van der Waals surface area contributed by atoms with Gasteiger partial charge in [-0.1, -0.05) is 30.3 Å². The Balaban J connectivity index is 2.27. The number of nitrogens with zero attached hydrogens (tertiary/aromatic N) is 2.